The Labute approximate surface area is 152 Å². The molecule has 2 heterocycles. The number of carbonyl (C=O) groups is 1. The lowest BCUT2D eigenvalue weighted by atomic mass is 10.2. The van der Waals surface area contributed by atoms with Crippen LogP contribution in [0.5, 0.6) is 0 Å². The maximum Gasteiger partial charge on any atom is 0.226 e. The molecule has 2 aromatic rings. The summed E-state index contributed by atoms with van der Waals surface area (Å²) in [5, 5.41) is 6.22. The molecule has 1 aromatic carbocycles. The number of halogens is 3. The molecule has 3 rings (SSSR count). The SMILES string of the molecule is Cl.Cl.O=C(Cc1coc(-c2ccc(F)cc2)n1)NCC1CCCN1. The first-order chi connectivity index (χ1) is 10.7. The molecule has 1 unspecified atom stereocenters. The van der Waals surface area contributed by atoms with E-state index in [1.54, 1.807) is 12.1 Å². The van der Waals surface area contributed by atoms with Gasteiger partial charge in [-0.15, -0.1) is 24.8 Å². The van der Waals surface area contributed by atoms with Crippen LogP contribution in [0.4, 0.5) is 4.39 Å². The van der Waals surface area contributed by atoms with E-state index in [9.17, 15) is 9.18 Å². The summed E-state index contributed by atoms with van der Waals surface area (Å²) in [5.74, 6) is 0.00310. The Morgan fingerprint density at radius 1 is 1.33 bits per heavy atom. The molecule has 1 aromatic heterocycles. The summed E-state index contributed by atoms with van der Waals surface area (Å²) in [6, 6.07) is 6.25. The molecule has 0 radical (unpaired) electrons. The summed E-state index contributed by atoms with van der Waals surface area (Å²) in [5.41, 5.74) is 1.25. The van der Waals surface area contributed by atoms with Crippen LogP contribution in [0, 0.1) is 5.82 Å². The van der Waals surface area contributed by atoms with Crippen molar-refractivity contribution in [2.75, 3.05) is 13.1 Å². The zero-order valence-corrected chi connectivity index (χ0v) is 14.6. The lowest BCUT2D eigenvalue weighted by Gasteiger charge is -2.10. The molecule has 1 amide bonds. The quantitative estimate of drug-likeness (QED) is 0.842. The largest absolute Gasteiger partial charge is 0.444 e. The zero-order valence-electron chi connectivity index (χ0n) is 13.0. The van der Waals surface area contributed by atoms with Gasteiger partial charge in [-0.05, 0) is 43.7 Å². The van der Waals surface area contributed by atoms with Gasteiger partial charge in [0.05, 0.1) is 12.1 Å². The van der Waals surface area contributed by atoms with Crippen molar-refractivity contribution in [1.29, 1.82) is 0 Å². The number of nitrogens with one attached hydrogen (secondary N) is 2. The van der Waals surface area contributed by atoms with Crippen LogP contribution in [-0.2, 0) is 11.2 Å². The highest BCUT2D eigenvalue weighted by Crippen LogP contribution is 2.19. The molecule has 8 heteroatoms. The van der Waals surface area contributed by atoms with Gasteiger partial charge in [0, 0.05) is 18.2 Å². The number of amides is 1. The van der Waals surface area contributed by atoms with Crippen molar-refractivity contribution >= 4 is 30.7 Å². The third-order valence-electron chi connectivity index (χ3n) is 3.69. The highest BCUT2D eigenvalue weighted by molar-refractivity contribution is 5.85. The second-order valence-electron chi connectivity index (χ2n) is 5.43. The van der Waals surface area contributed by atoms with Crippen molar-refractivity contribution in [2.24, 2.45) is 0 Å². The molecular weight excluding hydrogens is 356 g/mol. The Kier molecular flexibility index (Phi) is 8.18. The highest BCUT2D eigenvalue weighted by atomic mass is 35.5. The minimum Gasteiger partial charge on any atom is -0.444 e. The second kappa shape index (κ2) is 9.61. The fourth-order valence-corrected chi connectivity index (χ4v) is 2.51. The van der Waals surface area contributed by atoms with E-state index in [-0.39, 0.29) is 43.0 Å². The molecule has 24 heavy (non-hydrogen) atoms. The van der Waals surface area contributed by atoms with Crippen LogP contribution in [-0.4, -0.2) is 30.0 Å². The van der Waals surface area contributed by atoms with Gasteiger partial charge in [-0.25, -0.2) is 9.37 Å². The van der Waals surface area contributed by atoms with Gasteiger partial charge in [0.2, 0.25) is 11.8 Å². The number of carbonyl (C=O) groups excluding carboxylic acids is 1. The molecule has 1 aliphatic rings. The second-order valence-corrected chi connectivity index (χ2v) is 5.43. The average Bonchev–Trinajstić information content (AvgIpc) is 3.17. The van der Waals surface area contributed by atoms with Crippen LogP contribution in [0.25, 0.3) is 11.5 Å². The van der Waals surface area contributed by atoms with Gasteiger partial charge < -0.3 is 15.1 Å². The number of rotatable bonds is 5. The maximum absolute atomic E-state index is 12.9. The fourth-order valence-electron chi connectivity index (χ4n) is 2.51. The summed E-state index contributed by atoms with van der Waals surface area (Å²) < 4.78 is 18.2. The fraction of sp³-hybridized carbons (Fsp3) is 0.375. The number of benzene rings is 1. The van der Waals surface area contributed by atoms with Crippen LogP contribution in [0.3, 0.4) is 0 Å². The smallest absolute Gasteiger partial charge is 0.226 e. The van der Waals surface area contributed by atoms with Crippen LogP contribution < -0.4 is 10.6 Å². The third kappa shape index (κ3) is 5.47. The predicted octanol–water partition coefficient (Wildman–Crippen LogP) is 2.74. The average molecular weight is 376 g/mol. The minimum atomic E-state index is -0.310. The first-order valence-electron chi connectivity index (χ1n) is 7.41. The molecule has 1 aliphatic heterocycles. The summed E-state index contributed by atoms with van der Waals surface area (Å²) in [7, 11) is 0. The highest BCUT2D eigenvalue weighted by Gasteiger charge is 2.15. The summed E-state index contributed by atoms with van der Waals surface area (Å²) in [6.07, 6.45) is 3.90. The van der Waals surface area contributed by atoms with Crippen LogP contribution >= 0.6 is 24.8 Å². The van der Waals surface area contributed by atoms with E-state index in [1.165, 1.54) is 18.4 Å². The van der Waals surface area contributed by atoms with Crippen molar-refractivity contribution in [3.05, 3.63) is 42.0 Å². The minimum absolute atomic E-state index is 0. The van der Waals surface area contributed by atoms with Gasteiger partial charge >= 0.3 is 0 Å². The normalized spacial score (nSPS) is 16.1. The lowest BCUT2D eigenvalue weighted by molar-refractivity contribution is -0.120. The van der Waals surface area contributed by atoms with Crippen molar-refractivity contribution in [3.8, 4) is 11.5 Å². The van der Waals surface area contributed by atoms with Crippen LogP contribution in [0.2, 0.25) is 0 Å². The van der Waals surface area contributed by atoms with Gasteiger partial charge in [-0.2, -0.15) is 0 Å². The maximum atomic E-state index is 12.9. The Morgan fingerprint density at radius 2 is 2.08 bits per heavy atom. The van der Waals surface area contributed by atoms with E-state index in [4.69, 9.17) is 4.42 Å². The molecule has 5 nitrogen and oxygen atoms in total. The number of aromatic nitrogens is 1. The van der Waals surface area contributed by atoms with E-state index in [2.05, 4.69) is 15.6 Å². The van der Waals surface area contributed by atoms with E-state index in [1.807, 2.05) is 0 Å². The molecule has 0 aliphatic carbocycles. The Hall–Kier alpha value is -1.63. The van der Waals surface area contributed by atoms with E-state index in [0.717, 1.165) is 19.4 Å². The topological polar surface area (TPSA) is 67.2 Å². The van der Waals surface area contributed by atoms with Gasteiger partial charge in [0.15, 0.2) is 0 Å². The van der Waals surface area contributed by atoms with Crippen molar-refractivity contribution in [2.45, 2.75) is 25.3 Å². The number of oxazole rings is 1. The molecule has 0 bridgehead atoms. The molecule has 1 fully saturated rings. The van der Waals surface area contributed by atoms with Crippen molar-refractivity contribution in [1.82, 2.24) is 15.6 Å². The van der Waals surface area contributed by atoms with E-state index >= 15 is 0 Å². The Morgan fingerprint density at radius 3 is 2.75 bits per heavy atom. The number of hydrogen-bond donors (Lipinski definition) is 2. The van der Waals surface area contributed by atoms with E-state index in [0.29, 0.717) is 29.7 Å². The van der Waals surface area contributed by atoms with Crippen LogP contribution in [0.1, 0.15) is 18.5 Å². The molecule has 0 spiro atoms. The van der Waals surface area contributed by atoms with Gasteiger partial charge in [-0.1, -0.05) is 0 Å². The Bertz CT molecular complexity index is 643. The predicted molar refractivity (Wildman–Crippen MR) is 94.1 cm³/mol. The molecule has 2 N–H and O–H groups in total. The molecule has 0 saturated carbocycles. The molecule has 132 valence electrons. The molecular formula is C16H20Cl2FN3O2. The standard InChI is InChI=1S/C16H18FN3O2.2ClH/c17-12-5-3-11(4-6-12)16-20-14(10-22-16)8-15(21)19-9-13-2-1-7-18-13;;/h3-6,10,13,18H,1-2,7-9H2,(H,19,21);2*1H. The van der Waals surface area contributed by atoms with E-state index < -0.39 is 0 Å². The zero-order chi connectivity index (χ0) is 15.4. The van der Waals surface area contributed by atoms with Gasteiger partial charge in [0.1, 0.15) is 12.1 Å². The molecule has 1 saturated heterocycles. The first-order valence-corrected chi connectivity index (χ1v) is 7.41. The Balaban J connectivity index is 0.00000144. The number of nitrogens with zero attached hydrogens (tertiary/aromatic N) is 1. The first kappa shape index (κ1) is 20.4. The summed E-state index contributed by atoms with van der Waals surface area (Å²) in [4.78, 5) is 16.2. The van der Waals surface area contributed by atoms with Gasteiger partial charge in [0.25, 0.3) is 0 Å². The third-order valence-corrected chi connectivity index (χ3v) is 3.69. The van der Waals surface area contributed by atoms with Crippen molar-refractivity contribution < 1.29 is 13.6 Å². The lowest BCUT2D eigenvalue weighted by Crippen LogP contribution is -2.37. The van der Waals surface area contributed by atoms with Crippen LogP contribution in [0.15, 0.2) is 34.9 Å². The number of hydrogen-bond acceptors (Lipinski definition) is 4. The summed E-state index contributed by atoms with van der Waals surface area (Å²) in [6.45, 7) is 1.66. The summed E-state index contributed by atoms with van der Waals surface area (Å²) >= 11 is 0. The molecule has 1 atom stereocenters. The van der Waals surface area contributed by atoms with Gasteiger partial charge in [-0.3, -0.25) is 4.79 Å². The monoisotopic (exact) mass is 375 g/mol. The van der Waals surface area contributed by atoms with Crippen molar-refractivity contribution in [3.63, 3.8) is 0 Å².